The normalized spacial score (nSPS) is 14.9. The third-order valence-electron chi connectivity index (χ3n) is 6.47. The molecule has 0 spiro atoms. The first-order valence-electron chi connectivity index (χ1n) is 11.6. The molecule has 0 radical (unpaired) electrons. The van der Waals surface area contributed by atoms with Crippen LogP contribution in [0.5, 0.6) is 5.75 Å². The van der Waals surface area contributed by atoms with Gasteiger partial charge in [0.1, 0.15) is 11.9 Å². The van der Waals surface area contributed by atoms with Crippen molar-refractivity contribution in [1.82, 2.24) is 19.3 Å². The third kappa shape index (κ3) is 3.92. The molecule has 0 saturated carbocycles. The summed E-state index contributed by atoms with van der Waals surface area (Å²) in [7, 11) is 0. The predicted molar refractivity (Wildman–Crippen MR) is 128 cm³/mol. The molecule has 0 bridgehead atoms. The summed E-state index contributed by atoms with van der Waals surface area (Å²) in [5.74, 6) is -0.642. The third-order valence-corrected chi connectivity index (χ3v) is 6.47. The highest BCUT2D eigenvalue weighted by Gasteiger charge is 2.28. The fourth-order valence-electron chi connectivity index (χ4n) is 4.73. The monoisotopic (exact) mass is 495 g/mol. The molecule has 0 unspecified atom stereocenters. The molecule has 1 fully saturated rings. The summed E-state index contributed by atoms with van der Waals surface area (Å²) >= 11 is 0. The van der Waals surface area contributed by atoms with Crippen molar-refractivity contribution in [2.75, 3.05) is 18.0 Å². The lowest BCUT2D eigenvalue weighted by atomic mass is 10.1. The molecular formula is C26H21F4N5O. The molecule has 3 aromatic carbocycles. The lowest BCUT2D eigenvalue weighted by molar-refractivity contribution is 0.0752. The fourth-order valence-corrected chi connectivity index (χ4v) is 4.73. The van der Waals surface area contributed by atoms with Crippen molar-refractivity contribution in [3.05, 3.63) is 78.5 Å². The Kier molecular flexibility index (Phi) is 5.50. The summed E-state index contributed by atoms with van der Waals surface area (Å²) in [4.78, 5) is 6.24. The minimum Gasteiger partial charge on any atom is -0.487 e. The van der Waals surface area contributed by atoms with E-state index in [2.05, 4.69) is 10.1 Å². The van der Waals surface area contributed by atoms with Crippen LogP contribution in [0.3, 0.4) is 0 Å². The van der Waals surface area contributed by atoms with E-state index in [4.69, 9.17) is 4.74 Å². The van der Waals surface area contributed by atoms with E-state index in [-0.39, 0.29) is 17.8 Å². The number of rotatable bonds is 5. The summed E-state index contributed by atoms with van der Waals surface area (Å²) in [5.41, 5.74) is 1.88. The second-order valence-electron chi connectivity index (χ2n) is 8.73. The van der Waals surface area contributed by atoms with Crippen LogP contribution in [0, 0.1) is 11.6 Å². The first kappa shape index (κ1) is 22.4. The number of hydrogen-bond acceptors (Lipinski definition) is 4. The lowest BCUT2D eigenvalue weighted by Crippen LogP contribution is -2.39. The van der Waals surface area contributed by atoms with E-state index in [0.717, 1.165) is 4.57 Å². The summed E-state index contributed by atoms with van der Waals surface area (Å²) in [6.07, 6.45) is 2.33. The molecule has 5 aromatic rings. The molecule has 10 heteroatoms. The number of halogens is 4. The maximum atomic E-state index is 15.0. The summed E-state index contributed by atoms with van der Waals surface area (Å²) < 4.78 is 64.6. The number of benzene rings is 3. The van der Waals surface area contributed by atoms with E-state index in [9.17, 15) is 17.6 Å². The van der Waals surface area contributed by atoms with Gasteiger partial charge in [-0.3, -0.25) is 4.57 Å². The van der Waals surface area contributed by atoms with Gasteiger partial charge in [-0.25, -0.2) is 18.4 Å². The van der Waals surface area contributed by atoms with Crippen LogP contribution in [-0.4, -0.2) is 38.5 Å². The Morgan fingerprint density at radius 2 is 1.72 bits per heavy atom. The van der Waals surface area contributed by atoms with E-state index in [1.165, 1.54) is 22.9 Å². The Hall–Kier alpha value is -4.08. The smallest absolute Gasteiger partial charge is 0.321 e. The summed E-state index contributed by atoms with van der Waals surface area (Å²) in [6.45, 7) is -1.82. The minimum absolute atomic E-state index is 0.0968. The van der Waals surface area contributed by atoms with Crippen LogP contribution in [0.4, 0.5) is 23.5 Å². The molecule has 1 aliphatic rings. The molecule has 2 aromatic heterocycles. The minimum atomic E-state index is -2.71. The highest BCUT2D eigenvalue weighted by Crippen LogP contribution is 2.32. The molecule has 6 nitrogen and oxygen atoms in total. The van der Waals surface area contributed by atoms with E-state index >= 15 is 0 Å². The van der Waals surface area contributed by atoms with Crippen molar-refractivity contribution < 1.29 is 22.3 Å². The van der Waals surface area contributed by atoms with Gasteiger partial charge in [-0.05, 0) is 36.4 Å². The number of piperidine rings is 1. The van der Waals surface area contributed by atoms with E-state index in [1.54, 1.807) is 48.7 Å². The average molecular weight is 495 g/mol. The van der Waals surface area contributed by atoms with Gasteiger partial charge in [-0.1, -0.05) is 18.2 Å². The molecule has 0 N–H and O–H groups in total. The Bertz CT molecular complexity index is 1560. The van der Waals surface area contributed by atoms with Gasteiger partial charge in [0, 0.05) is 37.4 Å². The van der Waals surface area contributed by atoms with Crippen molar-refractivity contribution in [3.63, 3.8) is 0 Å². The zero-order chi connectivity index (χ0) is 24.8. The second-order valence-corrected chi connectivity index (χ2v) is 8.73. The number of hydrogen-bond donors (Lipinski definition) is 0. The second kappa shape index (κ2) is 8.85. The summed E-state index contributed by atoms with van der Waals surface area (Å²) in [5, 5.41) is 4.92. The molecule has 184 valence electrons. The molecule has 0 atom stereocenters. The molecule has 1 saturated heterocycles. The summed E-state index contributed by atoms with van der Waals surface area (Å²) in [6, 6.07) is 15.6. The van der Waals surface area contributed by atoms with Crippen molar-refractivity contribution in [3.8, 4) is 11.4 Å². The van der Waals surface area contributed by atoms with Gasteiger partial charge in [0.05, 0.1) is 28.4 Å². The van der Waals surface area contributed by atoms with Crippen molar-refractivity contribution in [1.29, 1.82) is 0 Å². The van der Waals surface area contributed by atoms with Gasteiger partial charge in [0.2, 0.25) is 5.95 Å². The number of anilines is 1. The van der Waals surface area contributed by atoms with Crippen molar-refractivity contribution in [2.24, 2.45) is 0 Å². The zero-order valence-electron chi connectivity index (χ0n) is 19.0. The van der Waals surface area contributed by atoms with E-state index in [1.807, 2.05) is 4.90 Å². The zero-order valence-corrected chi connectivity index (χ0v) is 19.0. The van der Waals surface area contributed by atoms with Crippen LogP contribution in [0.1, 0.15) is 19.4 Å². The van der Waals surface area contributed by atoms with Crippen LogP contribution >= 0.6 is 0 Å². The number of para-hydroxylation sites is 2. The number of ether oxygens (including phenoxy) is 1. The first-order chi connectivity index (χ1) is 17.5. The molecule has 0 amide bonds. The SMILES string of the molecule is Fc1cccc(-n2ncc3cc(OC4CCN(c5nc6ccccc6n5C(F)F)CC4)c(F)cc32)c1. The number of alkyl halides is 2. The lowest BCUT2D eigenvalue weighted by Gasteiger charge is -2.33. The Labute approximate surface area is 203 Å². The topological polar surface area (TPSA) is 48.1 Å². The first-order valence-corrected chi connectivity index (χ1v) is 11.6. The molecule has 1 aliphatic heterocycles. The van der Waals surface area contributed by atoms with Crippen LogP contribution < -0.4 is 9.64 Å². The number of imidazole rings is 1. The molecule has 6 rings (SSSR count). The van der Waals surface area contributed by atoms with Crippen LogP contribution in [-0.2, 0) is 0 Å². The predicted octanol–water partition coefficient (Wildman–Crippen LogP) is 6.10. The molecule has 3 heterocycles. The van der Waals surface area contributed by atoms with Crippen LogP contribution in [0.15, 0.2) is 66.9 Å². The Balaban J connectivity index is 1.19. The highest BCUT2D eigenvalue weighted by molar-refractivity contribution is 5.82. The average Bonchev–Trinajstić information content (AvgIpc) is 3.46. The van der Waals surface area contributed by atoms with Gasteiger partial charge >= 0.3 is 6.55 Å². The van der Waals surface area contributed by atoms with Crippen LogP contribution in [0.2, 0.25) is 0 Å². The maximum Gasteiger partial charge on any atom is 0.321 e. The molecular weight excluding hydrogens is 474 g/mol. The Morgan fingerprint density at radius 1 is 0.917 bits per heavy atom. The molecule has 0 aliphatic carbocycles. The Morgan fingerprint density at radius 3 is 2.50 bits per heavy atom. The van der Waals surface area contributed by atoms with Crippen molar-refractivity contribution >= 4 is 27.9 Å². The number of aromatic nitrogens is 4. The number of fused-ring (bicyclic) bond motifs is 2. The highest BCUT2D eigenvalue weighted by atomic mass is 19.3. The van der Waals surface area contributed by atoms with Crippen molar-refractivity contribution in [2.45, 2.75) is 25.5 Å². The number of nitrogens with zero attached hydrogens (tertiary/aromatic N) is 5. The van der Waals surface area contributed by atoms with Gasteiger partial charge in [0.15, 0.2) is 11.6 Å². The van der Waals surface area contributed by atoms with Gasteiger partial charge < -0.3 is 9.64 Å². The maximum absolute atomic E-state index is 15.0. The molecule has 36 heavy (non-hydrogen) atoms. The quantitative estimate of drug-likeness (QED) is 0.277. The van der Waals surface area contributed by atoms with Gasteiger partial charge in [-0.15, -0.1) is 0 Å². The van der Waals surface area contributed by atoms with Gasteiger partial charge in [-0.2, -0.15) is 13.9 Å². The van der Waals surface area contributed by atoms with E-state index in [0.29, 0.717) is 53.6 Å². The largest absolute Gasteiger partial charge is 0.487 e. The fraction of sp³-hybridized carbons (Fsp3) is 0.231. The van der Waals surface area contributed by atoms with Gasteiger partial charge in [0.25, 0.3) is 0 Å². The van der Waals surface area contributed by atoms with Crippen LogP contribution in [0.25, 0.3) is 27.6 Å². The standard InChI is InChI=1S/C26H21F4N5O/c27-17-4-3-5-18(13-17)35-23-14-20(28)24(12-16(23)15-31-35)36-19-8-10-33(11-9-19)26-32-21-6-1-2-7-22(21)34(26)25(29)30/h1-7,12-15,19,25H,8-11H2. The van der Waals surface area contributed by atoms with E-state index < -0.39 is 18.2 Å².